The van der Waals surface area contributed by atoms with Crippen molar-refractivity contribution in [1.29, 1.82) is 0 Å². The van der Waals surface area contributed by atoms with E-state index in [1.54, 1.807) is 0 Å². The Labute approximate surface area is 99.0 Å². The summed E-state index contributed by atoms with van der Waals surface area (Å²) in [5.74, 6) is 0.650. The zero-order valence-corrected chi connectivity index (χ0v) is 9.71. The fourth-order valence-electron chi connectivity index (χ4n) is 0.781. The van der Waals surface area contributed by atoms with Gasteiger partial charge in [-0.05, 0) is 0 Å². The Bertz CT molecular complexity index is 316. The van der Waals surface area contributed by atoms with Gasteiger partial charge in [-0.2, -0.15) is 0 Å². The molecule has 14 heavy (non-hydrogen) atoms. The molecular formula is C6H4Cl3NO3S. The van der Waals surface area contributed by atoms with Gasteiger partial charge in [0, 0.05) is 5.75 Å². The third-order valence-electron chi connectivity index (χ3n) is 1.30. The van der Waals surface area contributed by atoms with Crippen LogP contribution >= 0.6 is 46.6 Å². The average Bonchev–Trinajstić information content (AvgIpc) is 2.56. The SMILES string of the molecule is O=[N+]([O-])/C(C(Cl)=C(Cl)Cl)=C1/OCCS1. The van der Waals surface area contributed by atoms with Crippen molar-refractivity contribution in [2.45, 2.75) is 0 Å². The predicted octanol–water partition coefficient (Wildman–Crippen LogP) is 3.08. The minimum atomic E-state index is -0.666. The van der Waals surface area contributed by atoms with E-state index in [0.717, 1.165) is 0 Å². The number of hydrogen-bond donors (Lipinski definition) is 0. The van der Waals surface area contributed by atoms with Gasteiger partial charge in [-0.25, -0.2) is 0 Å². The van der Waals surface area contributed by atoms with Crippen LogP contribution in [0, 0.1) is 10.1 Å². The van der Waals surface area contributed by atoms with Crippen LogP contribution in [0.25, 0.3) is 0 Å². The first-order valence-corrected chi connectivity index (χ1v) is 5.51. The molecule has 0 N–H and O–H groups in total. The lowest BCUT2D eigenvalue weighted by atomic mass is 10.5. The Morgan fingerprint density at radius 1 is 1.50 bits per heavy atom. The van der Waals surface area contributed by atoms with E-state index in [9.17, 15) is 10.1 Å². The molecule has 1 saturated heterocycles. The standard InChI is InChI=1S/C6H4Cl3NO3S/c7-3(5(8)9)4(10(11)12)6-13-1-2-14-6/h1-2H2/b6-4-. The van der Waals surface area contributed by atoms with Gasteiger partial charge in [-0.3, -0.25) is 10.1 Å². The van der Waals surface area contributed by atoms with Crippen molar-refractivity contribution in [2.75, 3.05) is 12.4 Å². The van der Waals surface area contributed by atoms with Gasteiger partial charge in [0.05, 0.1) is 11.5 Å². The molecule has 1 rings (SSSR count). The molecule has 78 valence electrons. The molecule has 0 amide bonds. The van der Waals surface area contributed by atoms with E-state index in [1.165, 1.54) is 11.8 Å². The Balaban J connectivity index is 3.13. The second-order valence-corrected chi connectivity index (χ2v) is 4.56. The number of allylic oxidation sites excluding steroid dienone is 1. The Kier molecular flexibility index (Phi) is 4.37. The maximum Gasteiger partial charge on any atom is 0.338 e. The summed E-state index contributed by atoms with van der Waals surface area (Å²) in [6.07, 6.45) is 0. The van der Waals surface area contributed by atoms with Gasteiger partial charge in [0.15, 0.2) is 5.03 Å². The van der Waals surface area contributed by atoms with E-state index in [-0.39, 0.29) is 20.3 Å². The first-order chi connectivity index (χ1) is 6.54. The van der Waals surface area contributed by atoms with Crippen molar-refractivity contribution < 1.29 is 9.66 Å². The van der Waals surface area contributed by atoms with Crippen LogP contribution in [-0.2, 0) is 4.74 Å². The van der Waals surface area contributed by atoms with Crippen LogP contribution in [0.4, 0.5) is 0 Å². The van der Waals surface area contributed by atoms with E-state index >= 15 is 0 Å². The molecule has 0 aromatic heterocycles. The zero-order valence-electron chi connectivity index (χ0n) is 6.63. The van der Waals surface area contributed by atoms with Gasteiger partial charge in [0.1, 0.15) is 4.49 Å². The monoisotopic (exact) mass is 275 g/mol. The van der Waals surface area contributed by atoms with E-state index in [2.05, 4.69) is 0 Å². The molecule has 1 heterocycles. The Hall–Kier alpha value is -0.100. The number of halogens is 3. The van der Waals surface area contributed by atoms with Gasteiger partial charge in [-0.15, -0.1) is 0 Å². The van der Waals surface area contributed by atoms with Crippen LogP contribution in [0.15, 0.2) is 20.3 Å². The van der Waals surface area contributed by atoms with Gasteiger partial charge in [0.2, 0.25) is 5.09 Å². The van der Waals surface area contributed by atoms with E-state index in [0.29, 0.717) is 12.4 Å². The van der Waals surface area contributed by atoms with Crippen molar-refractivity contribution in [1.82, 2.24) is 0 Å². The number of rotatable bonds is 2. The maximum absolute atomic E-state index is 10.7. The highest BCUT2D eigenvalue weighted by molar-refractivity contribution is 8.03. The highest BCUT2D eigenvalue weighted by atomic mass is 35.5. The lowest BCUT2D eigenvalue weighted by Crippen LogP contribution is -2.02. The third-order valence-corrected chi connectivity index (χ3v) is 3.18. The van der Waals surface area contributed by atoms with Crippen molar-refractivity contribution >= 4 is 46.6 Å². The second kappa shape index (κ2) is 5.11. The van der Waals surface area contributed by atoms with Crippen molar-refractivity contribution in [3.63, 3.8) is 0 Å². The number of hydrogen-bond acceptors (Lipinski definition) is 4. The molecule has 4 nitrogen and oxygen atoms in total. The van der Waals surface area contributed by atoms with Crippen molar-refractivity contribution in [3.8, 4) is 0 Å². The summed E-state index contributed by atoms with van der Waals surface area (Å²) in [6, 6.07) is 0. The van der Waals surface area contributed by atoms with Gasteiger partial charge < -0.3 is 4.74 Å². The first-order valence-electron chi connectivity index (χ1n) is 3.39. The topological polar surface area (TPSA) is 52.4 Å². The van der Waals surface area contributed by atoms with E-state index < -0.39 is 4.92 Å². The van der Waals surface area contributed by atoms with Crippen LogP contribution < -0.4 is 0 Å². The minimum Gasteiger partial charge on any atom is -0.481 e. The zero-order chi connectivity index (χ0) is 10.7. The highest BCUT2D eigenvalue weighted by Gasteiger charge is 2.29. The molecule has 0 spiro atoms. The largest absolute Gasteiger partial charge is 0.481 e. The molecule has 0 aromatic rings. The van der Waals surface area contributed by atoms with Gasteiger partial charge >= 0.3 is 5.70 Å². The summed E-state index contributed by atoms with van der Waals surface area (Å²) < 4.78 is 4.67. The molecule has 0 unspecified atom stereocenters. The second-order valence-electron chi connectivity index (χ2n) is 2.16. The minimum absolute atomic E-state index is 0.152. The molecule has 0 bridgehead atoms. The molecule has 1 fully saturated rings. The quantitative estimate of drug-likeness (QED) is 0.574. The van der Waals surface area contributed by atoms with Crippen LogP contribution in [0.5, 0.6) is 0 Å². The Morgan fingerprint density at radius 3 is 2.50 bits per heavy atom. The lowest BCUT2D eigenvalue weighted by molar-refractivity contribution is -0.422. The lowest BCUT2D eigenvalue weighted by Gasteiger charge is -2.00. The predicted molar refractivity (Wildman–Crippen MR) is 57.0 cm³/mol. The molecule has 0 radical (unpaired) electrons. The number of nitro groups is 1. The van der Waals surface area contributed by atoms with Crippen LogP contribution in [0.3, 0.4) is 0 Å². The Morgan fingerprint density at radius 2 is 2.14 bits per heavy atom. The van der Waals surface area contributed by atoms with Gasteiger partial charge in [0.25, 0.3) is 0 Å². The summed E-state index contributed by atoms with van der Waals surface area (Å²) in [5.41, 5.74) is -0.380. The van der Waals surface area contributed by atoms with Crippen LogP contribution in [-0.4, -0.2) is 17.3 Å². The molecule has 0 atom stereocenters. The third kappa shape index (κ3) is 2.70. The summed E-state index contributed by atoms with van der Waals surface area (Å²) >= 11 is 17.5. The summed E-state index contributed by atoms with van der Waals surface area (Å²) in [5, 5.41) is 10.5. The van der Waals surface area contributed by atoms with Crippen molar-refractivity contribution in [3.05, 3.63) is 30.4 Å². The normalized spacial score (nSPS) is 18.8. The fraction of sp³-hybridized carbons (Fsp3) is 0.333. The smallest absolute Gasteiger partial charge is 0.338 e. The molecular weight excluding hydrogens is 272 g/mol. The summed E-state index contributed by atoms with van der Waals surface area (Å²) in [6.45, 7) is 0.418. The van der Waals surface area contributed by atoms with Crippen molar-refractivity contribution in [2.24, 2.45) is 0 Å². The van der Waals surface area contributed by atoms with E-state index in [4.69, 9.17) is 39.5 Å². The average molecular weight is 277 g/mol. The number of ether oxygens (including phenoxy) is 1. The highest BCUT2D eigenvalue weighted by Crippen LogP contribution is 2.35. The summed E-state index contributed by atoms with van der Waals surface area (Å²) in [7, 11) is 0. The van der Waals surface area contributed by atoms with E-state index in [1.807, 2.05) is 0 Å². The summed E-state index contributed by atoms with van der Waals surface area (Å²) in [4.78, 5) is 9.98. The molecule has 1 aliphatic heterocycles. The van der Waals surface area contributed by atoms with Gasteiger partial charge in [-0.1, -0.05) is 46.6 Å². The van der Waals surface area contributed by atoms with Crippen LogP contribution in [0.2, 0.25) is 0 Å². The number of nitrogens with zero attached hydrogens (tertiary/aromatic N) is 1. The fourth-order valence-corrected chi connectivity index (χ4v) is 2.00. The molecule has 1 aliphatic rings. The first kappa shape index (κ1) is 12.0. The molecule has 8 heteroatoms. The van der Waals surface area contributed by atoms with Crippen LogP contribution in [0.1, 0.15) is 0 Å². The molecule has 0 aromatic carbocycles. The molecule has 0 saturated carbocycles. The maximum atomic E-state index is 10.7. The molecule has 0 aliphatic carbocycles. The number of thioether (sulfide) groups is 1.